The minimum atomic E-state index is -0.744. The van der Waals surface area contributed by atoms with Gasteiger partial charge in [-0.2, -0.15) is 0 Å². The highest BCUT2D eigenvalue weighted by atomic mass is 16.6. The van der Waals surface area contributed by atoms with Crippen LogP contribution in [0.15, 0.2) is 0 Å². The first kappa shape index (κ1) is 13.4. The van der Waals surface area contributed by atoms with Gasteiger partial charge < -0.3 is 14.2 Å². The maximum Gasteiger partial charge on any atom is 0.306 e. The standard InChI is InChI=1S/C9H14O6/c1-3-9(12)15-8(4-13-6-10)5-14-7(2)11/h6,8H,3-5H2,1-2H3. The molecule has 0 radical (unpaired) electrons. The third-order valence-corrected chi connectivity index (χ3v) is 1.41. The Morgan fingerprint density at radius 1 is 1.33 bits per heavy atom. The van der Waals surface area contributed by atoms with E-state index in [2.05, 4.69) is 9.47 Å². The lowest BCUT2D eigenvalue weighted by molar-refractivity contribution is -0.162. The van der Waals surface area contributed by atoms with E-state index in [0.717, 1.165) is 0 Å². The Bertz CT molecular complexity index is 225. The molecule has 6 nitrogen and oxygen atoms in total. The largest absolute Gasteiger partial charge is 0.464 e. The smallest absolute Gasteiger partial charge is 0.306 e. The summed E-state index contributed by atoms with van der Waals surface area (Å²) in [6.45, 7) is 2.86. The molecule has 0 amide bonds. The van der Waals surface area contributed by atoms with Gasteiger partial charge in [0.05, 0.1) is 0 Å². The van der Waals surface area contributed by atoms with Crippen molar-refractivity contribution in [2.45, 2.75) is 26.4 Å². The summed E-state index contributed by atoms with van der Waals surface area (Å²) in [5, 5.41) is 0. The molecule has 0 saturated heterocycles. The van der Waals surface area contributed by atoms with E-state index < -0.39 is 18.0 Å². The monoisotopic (exact) mass is 218 g/mol. The van der Waals surface area contributed by atoms with Gasteiger partial charge >= 0.3 is 11.9 Å². The molecule has 0 bridgehead atoms. The van der Waals surface area contributed by atoms with Crippen molar-refractivity contribution in [1.82, 2.24) is 0 Å². The van der Waals surface area contributed by atoms with Gasteiger partial charge in [0.1, 0.15) is 13.2 Å². The summed E-state index contributed by atoms with van der Waals surface area (Å²) in [4.78, 5) is 31.4. The second kappa shape index (κ2) is 7.78. The zero-order chi connectivity index (χ0) is 11.7. The van der Waals surface area contributed by atoms with Crippen LogP contribution in [0.4, 0.5) is 0 Å². The Hall–Kier alpha value is -1.59. The highest BCUT2D eigenvalue weighted by Crippen LogP contribution is 1.98. The normalized spacial score (nSPS) is 11.3. The highest BCUT2D eigenvalue weighted by Gasteiger charge is 2.15. The molecule has 0 aliphatic rings. The van der Waals surface area contributed by atoms with Crippen molar-refractivity contribution in [3.8, 4) is 0 Å². The molecule has 86 valence electrons. The van der Waals surface area contributed by atoms with Crippen LogP contribution in [0, 0.1) is 0 Å². The van der Waals surface area contributed by atoms with Gasteiger partial charge in [-0.05, 0) is 0 Å². The highest BCUT2D eigenvalue weighted by molar-refractivity contribution is 5.69. The van der Waals surface area contributed by atoms with Crippen LogP contribution in [-0.4, -0.2) is 37.7 Å². The quantitative estimate of drug-likeness (QED) is 0.341. The second-order valence-corrected chi connectivity index (χ2v) is 2.70. The minimum absolute atomic E-state index is 0.116. The third-order valence-electron chi connectivity index (χ3n) is 1.41. The van der Waals surface area contributed by atoms with E-state index in [1.165, 1.54) is 6.92 Å². The molecular weight excluding hydrogens is 204 g/mol. The molecule has 0 N–H and O–H groups in total. The van der Waals surface area contributed by atoms with Crippen LogP contribution in [0.1, 0.15) is 20.3 Å². The van der Waals surface area contributed by atoms with Gasteiger partial charge in [0.25, 0.3) is 6.47 Å². The molecule has 0 aromatic carbocycles. The molecule has 0 aromatic rings. The van der Waals surface area contributed by atoms with Crippen LogP contribution in [0.25, 0.3) is 0 Å². The molecule has 6 heteroatoms. The SMILES string of the molecule is CCC(=O)OC(COC=O)COC(C)=O. The summed E-state index contributed by atoms with van der Waals surface area (Å²) in [6, 6.07) is 0. The predicted octanol–water partition coefficient (Wildman–Crippen LogP) is 0.0443. The topological polar surface area (TPSA) is 78.9 Å². The van der Waals surface area contributed by atoms with E-state index >= 15 is 0 Å². The lowest BCUT2D eigenvalue weighted by atomic mass is 10.4. The average molecular weight is 218 g/mol. The Morgan fingerprint density at radius 3 is 2.47 bits per heavy atom. The lowest BCUT2D eigenvalue weighted by Crippen LogP contribution is -2.29. The second-order valence-electron chi connectivity index (χ2n) is 2.70. The summed E-state index contributed by atoms with van der Waals surface area (Å²) in [5.41, 5.74) is 0. The number of carbonyl (C=O) groups excluding carboxylic acids is 3. The molecule has 0 spiro atoms. The van der Waals surface area contributed by atoms with Gasteiger partial charge in [0.2, 0.25) is 0 Å². The Morgan fingerprint density at radius 2 is 2.00 bits per heavy atom. The minimum Gasteiger partial charge on any atom is -0.464 e. The van der Waals surface area contributed by atoms with Gasteiger partial charge in [-0.1, -0.05) is 6.92 Å². The molecule has 1 unspecified atom stereocenters. The van der Waals surface area contributed by atoms with Crippen molar-refractivity contribution < 1.29 is 28.6 Å². The van der Waals surface area contributed by atoms with Crippen LogP contribution in [0.3, 0.4) is 0 Å². The van der Waals surface area contributed by atoms with Gasteiger partial charge in [-0.15, -0.1) is 0 Å². The van der Waals surface area contributed by atoms with Crippen LogP contribution < -0.4 is 0 Å². The molecular formula is C9H14O6. The van der Waals surface area contributed by atoms with E-state index in [1.807, 2.05) is 0 Å². The summed E-state index contributed by atoms with van der Waals surface area (Å²) >= 11 is 0. The zero-order valence-corrected chi connectivity index (χ0v) is 8.73. The fraction of sp³-hybridized carbons (Fsp3) is 0.667. The van der Waals surface area contributed by atoms with Crippen LogP contribution in [-0.2, 0) is 28.6 Å². The number of hydrogen-bond acceptors (Lipinski definition) is 6. The molecule has 0 saturated carbocycles. The van der Waals surface area contributed by atoms with Crippen molar-refractivity contribution >= 4 is 18.4 Å². The van der Waals surface area contributed by atoms with Crippen molar-refractivity contribution in [1.29, 1.82) is 0 Å². The summed E-state index contributed by atoms with van der Waals surface area (Å²) in [6.07, 6.45) is -0.538. The van der Waals surface area contributed by atoms with Crippen molar-refractivity contribution in [2.24, 2.45) is 0 Å². The van der Waals surface area contributed by atoms with Crippen LogP contribution in [0.5, 0.6) is 0 Å². The van der Waals surface area contributed by atoms with Gasteiger partial charge in [-0.25, -0.2) is 0 Å². The fourth-order valence-corrected chi connectivity index (χ4v) is 0.742. The lowest BCUT2D eigenvalue weighted by Gasteiger charge is -2.15. The molecule has 0 rings (SSSR count). The summed E-state index contributed by atoms with van der Waals surface area (Å²) in [5.74, 6) is -0.930. The molecule has 0 heterocycles. The number of rotatable bonds is 7. The number of ether oxygens (including phenoxy) is 3. The molecule has 0 aliphatic carbocycles. The molecule has 0 fully saturated rings. The Kier molecular flexibility index (Phi) is 6.96. The van der Waals surface area contributed by atoms with Gasteiger partial charge in [-0.3, -0.25) is 14.4 Å². The van der Waals surface area contributed by atoms with E-state index in [-0.39, 0.29) is 26.1 Å². The first-order chi connectivity index (χ1) is 7.10. The number of hydrogen-bond donors (Lipinski definition) is 0. The van der Waals surface area contributed by atoms with Crippen LogP contribution >= 0.6 is 0 Å². The Balaban J connectivity index is 3.98. The maximum atomic E-state index is 10.9. The first-order valence-electron chi connectivity index (χ1n) is 4.48. The molecule has 0 aliphatic heterocycles. The summed E-state index contributed by atoms with van der Waals surface area (Å²) in [7, 11) is 0. The van der Waals surface area contributed by atoms with Crippen molar-refractivity contribution in [3.05, 3.63) is 0 Å². The van der Waals surface area contributed by atoms with Crippen molar-refractivity contribution in [2.75, 3.05) is 13.2 Å². The van der Waals surface area contributed by atoms with Crippen LogP contribution in [0.2, 0.25) is 0 Å². The average Bonchev–Trinajstić information content (AvgIpc) is 2.21. The zero-order valence-electron chi connectivity index (χ0n) is 8.73. The fourth-order valence-electron chi connectivity index (χ4n) is 0.742. The van der Waals surface area contributed by atoms with Crippen molar-refractivity contribution in [3.63, 3.8) is 0 Å². The number of carbonyl (C=O) groups is 3. The Labute approximate surface area is 87.5 Å². The van der Waals surface area contributed by atoms with E-state index in [4.69, 9.17) is 4.74 Å². The van der Waals surface area contributed by atoms with Gasteiger partial charge in [0, 0.05) is 13.3 Å². The molecule has 15 heavy (non-hydrogen) atoms. The third kappa shape index (κ3) is 7.48. The summed E-state index contributed by atoms with van der Waals surface area (Å²) < 4.78 is 13.9. The predicted molar refractivity (Wildman–Crippen MR) is 48.8 cm³/mol. The van der Waals surface area contributed by atoms with E-state index in [9.17, 15) is 14.4 Å². The first-order valence-corrected chi connectivity index (χ1v) is 4.48. The number of esters is 2. The van der Waals surface area contributed by atoms with E-state index in [0.29, 0.717) is 0 Å². The molecule has 1 atom stereocenters. The maximum absolute atomic E-state index is 10.9. The van der Waals surface area contributed by atoms with E-state index in [1.54, 1.807) is 6.92 Å². The van der Waals surface area contributed by atoms with Gasteiger partial charge in [0.15, 0.2) is 6.10 Å². The molecule has 0 aromatic heterocycles.